The molecule has 1 aromatic rings. The highest BCUT2D eigenvalue weighted by Crippen LogP contribution is 2.10. The molecular weight excluding hydrogens is 186 g/mol. The molecule has 0 aliphatic carbocycles. The third kappa shape index (κ3) is 2.66. The molecule has 4 heteroatoms. The molecule has 1 heterocycles. The SMILES string of the molecule is C=C(C)CS(=O)(=O)c1cccnc1. The third-order valence-electron chi connectivity index (χ3n) is 1.43. The van der Waals surface area contributed by atoms with E-state index in [0.29, 0.717) is 5.57 Å². The second kappa shape index (κ2) is 3.70. The Morgan fingerprint density at radius 1 is 1.62 bits per heavy atom. The molecule has 1 aromatic heterocycles. The van der Waals surface area contributed by atoms with E-state index in [-0.39, 0.29) is 10.6 Å². The van der Waals surface area contributed by atoms with Crippen LogP contribution >= 0.6 is 0 Å². The second-order valence-corrected chi connectivity index (χ2v) is 4.89. The van der Waals surface area contributed by atoms with Crippen LogP contribution in [0.4, 0.5) is 0 Å². The zero-order valence-corrected chi connectivity index (χ0v) is 8.21. The highest BCUT2D eigenvalue weighted by Gasteiger charge is 2.13. The summed E-state index contributed by atoms with van der Waals surface area (Å²) in [6, 6.07) is 3.14. The normalized spacial score (nSPS) is 11.2. The van der Waals surface area contributed by atoms with Crippen LogP contribution in [0, 0.1) is 0 Å². The zero-order chi connectivity index (χ0) is 9.90. The maximum absolute atomic E-state index is 11.5. The minimum absolute atomic E-state index is 0.0152. The van der Waals surface area contributed by atoms with Gasteiger partial charge in [0.05, 0.1) is 10.6 Å². The molecule has 0 radical (unpaired) electrons. The standard InChI is InChI=1S/C9H11NO2S/c1-8(2)7-13(11,12)9-4-3-5-10-6-9/h3-6H,1,7H2,2H3. The monoisotopic (exact) mass is 197 g/mol. The largest absolute Gasteiger partial charge is 0.263 e. The van der Waals surface area contributed by atoms with Crippen LogP contribution in [0.15, 0.2) is 41.6 Å². The Balaban J connectivity index is 3.02. The third-order valence-corrected chi connectivity index (χ3v) is 3.26. The van der Waals surface area contributed by atoms with Crippen molar-refractivity contribution in [3.05, 3.63) is 36.7 Å². The number of nitrogens with zero attached hydrogens (tertiary/aromatic N) is 1. The van der Waals surface area contributed by atoms with Crippen molar-refractivity contribution in [1.29, 1.82) is 0 Å². The Hall–Kier alpha value is -1.16. The lowest BCUT2D eigenvalue weighted by molar-refractivity contribution is 0.598. The van der Waals surface area contributed by atoms with Crippen LogP contribution in [0.1, 0.15) is 6.92 Å². The summed E-state index contributed by atoms with van der Waals surface area (Å²) in [5, 5.41) is 0. The van der Waals surface area contributed by atoms with Gasteiger partial charge in [0, 0.05) is 12.4 Å². The van der Waals surface area contributed by atoms with E-state index in [1.165, 1.54) is 12.3 Å². The topological polar surface area (TPSA) is 47.0 Å². The summed E-state index contributed by atoms with van der Waals surface area (Å²) in [7, 11) is -3.22. The number of rotatable bonds is 3. The lowest BCUT2D eigenvalue weighted by atomic mass is 10.4. The van der Waals surface area contributed by atoms with E-state index in [1.54, 1.807) is 19.2 Å². The molecule has 0 aromatic carbocycles. The fourth-order valence-electron chi connectivity index (χ4n) is 0.939. The van der Waals surface area contributed by atoms with E-state index < -0.39 is 9.84 Å². The van der Waals surface area contributed by atoms with E-state index in [2.05, 4.69) is 11.6 Å². The number of hydrogen-bond donors (Lipinski definition) is 0. The molecule has 0 atom stereocenters. The Kier molecular flexibility index (Phi) is 2.83. The van der Waals surface area contributed by atoms with Gasteiger partial charge in [-0.25, -0.2) is 8.42 Å². The van der Waals surface area contributed by atoms with Gasteiger partial charge in [0.1, 0.15) is 0 Å². The summed E-state index contributed by atoms with van der Waals surface area (Å²) in [6.45, 7) is 5.25. The molecule has 0 saturated carbocycles. The fourth-order valence-corrected chi connectivity index (χ4v) is 2.26. The molecule has 0 saturated heterocycles. The molecule has 0 fully saturated rings. The quantitative estimate of drug-likeness (QED) is 0.689. The van der Waals surface area contributed by atoms with Crippen LogP contribution in [0.2, 0.25) is 0 Å². The fraction of sp³-hybridized carbons (Fsp3) is 0.222. The van der Waals surface area contributed by atoms with E-state index in [0.717, 1.165) is 0 Å². The first-order valence-electron chi connectivity index (χ1n) is 3.79. The molecule has 0 aliphatic heterocycles. The smallest absolute Gasteiger partial charge is 0.183 e. The Morgan fingerprint density at radius 3 is 2.77 bits per heavy atom. The van der Waals surface area contributed by atoms with Gasteiger partial charge in [-0.2, -0.15) is 0 Å². The first kappa shape index (κ1) is 9.92. The van der Waals surface area contributed by atoms with Crippen LogP contribution in [0.25, 0.3) is 0 Å². The highest BCUT2D eigenvalue weighted by molar-refractivity contribution is 7.91. The van der Waals surface area contributed by atoms with Crippen LogP contribution in [0.3, 0.4) is 0 Å². The van der Waals surface area contributed by atoms with Gasteiger partial charge in [0.25, 0.3) is 0 Å². The summed E-state index contributed by atoms with van der Waals surface area (Å²) >= 11 is 0. The molecule has 0 bridgehead atoms. The van der Waals surface area contributed by atoms with Crippen LogP contribution in [-0.4, -0.2) is 19.2 Å². The van der Waals surface area contributed by atoms with Gasteiger partial charge >= 0.3 is 0 Å². The Labute approximate surface area is 78.0 Å². The number of pyridine rings is 1. The average molecular weight is 197 g/mol. The molecule has 13 heavy (non-hydrogen) atoms. The molecular formula is C9H11NO2S. The molecule has 0 spiro atoms. The van der Waals surface area contributed by atoms with Gasteiger partial charge in [0.2, 0.25) is 0 Å². The predicted molar refractivity (Wildman–Crippen MR) is 51.1 cm³/mol. The van der Waals surface area contributed by atoms with Gasteiger partial charge in [0.15, 0.2) is 9.84 Å². The van der Waals surface area contributed by atoms with Gasteiger partial charge in [-0.1, -0.05) is 12.2 Å². The molecule has 0 amide bonds. The lowest BCUT2D eigenvalue weighted by Crippen LogP contribution is -2.07. The maximum Gasteiger partial charge on any atom is 0.183 e. The summed E-state index contributed by atoms with van der Waals surface area (Å²) in [5.74, 6) is -0.0152. The van der Waals surface area contributed by atoms with Crippen molar-refractivity contribution in [1.82, 2.24) is 4.98 Å². The Morgan fingerprint density at radius 2 is 2.31 bits per heavy atom. The number of sulfone groups is 1. The molecule has 1 rings (SSSR count). The van der Waals surface area contributed by atoms with Crippen molar-refractivity contribution in [2.24, 2.45) is 0 Å². The van der Waals surface area contributed by atoms with Gasteiger partial charge in [-0.15, -0.1) is 0 Å². The molecule has 0 N–H and O–H groups in total. The molecule has 70 valence electrons. The second-order valence-electron chi connectivity index (χ2n) is 2.90. The molecule has 0 unspecified atom stereocenters. The van der Waals surface area contributed by atoms with Crippen molar-refractivity contribution >= 4 is 9.84 Å². The van der Waals surface area contributed by atoms with Crippen molar-refractivity contribution in [2.45, 2.75) is 11.8 Å². The first-order chi connectivity index (χ1) is 6.02. The first-order valence-corrected chi connectivity index (χ1v) is 5.45. The van der Waals surface area contributed by atoms with Crippen molar-refractivity contribution in [3.63, 3.8) is 0 Å². The maximum atomic E-state index is 11.5. The minimum Gasteiger partial charge on any atom is -0.263 e. The lowest BCUT2D eigenvalue weighted by Gasteiger charge is -2.01. The van der Waals surface area contributed by atoms with Crippen molar-refractivity contribution in [3.8, 4) is 0 Å². The summed E-state index contributed by atoms with van der Waals surface area (Å²) in [6.07, 6.45) is 2.89. The van der Waals surface area contributed by atoms with Crippen LogP contribution < -0.4 is 0 Å². The van der Waals surface area contributed by atoms with E-state index in [1.807, 2.05) is 0 Å². The summed E-state index contributed by atoms with van der Waals surface area (Å²) in [4.78, 5) is 4.00. The summed E-state index contributed by atoms with van der Waals surface area (Å²) < 4.78 is 23.1. The number of aromatic nitrogens is 1. The number of hydrogen-bond acceptors (Lipinski definition) is 3. The van der Waals surface area contributed by atoms with Crippen LogP contribution in [0.5, 0.6) is 0 Å². The van der Waals surface area contributed by atoms with Crippen LogP contribution in [-0.2, 0) is 9.84 Å². The molecule has 0 aliphatic rings. The highest BCUT2D eigenvalue weighted by atomic mass is 32.2. The van der Waals surface area contributed by atoms with E-state index in [4.69, 9.17) is 0 Å². The van der Waals surface area contributed by atoms with Gasteiger partial charge in [-0.05, 0) is 19.1 Å². The average Bonchev–Trinajstić information content (AvgIpc) is 2.04. The van der Waals surface area contributed by atoms with Gasteiger partial charge < -0.3 is 0 Å². The van der Waals surface area contributed by atoms with Crippen molar-refractivity contribution in [2.75, 3.05) is 5.75 Å². The summed E-state index contributed by atoms with van der Waals surface area (Å²) in [5.41, 5.74) is 0.629. The van der Waals surface area contributed by atoms with Crippen molar-refractivity contribution < 1.29 is 8.42 Å². The zero-order valence-electron chi connectivity index (χ0n) is 7.40. The Bertz CT molecular complexity index is 395. The predicted octanol–water partition coefficient (Wildman–Crippen LogP) is 1.43. The van der Waals surface area contributed by atoms with Gasteiger partial charge in [-0.3, -0.25) is 4.98 Å². The molecule has 3 nitrogen and oxygen atoms in total. The minimum atomic E-state index is -3.22. The van der Waals surface area contributed by atoms with E-state index >= 15 is 0 Å². The van der Waals surface area contributed by atoms with E-state index in [9.17, 15) is 8.42 Å².